The third-order valence-corrected chi connectivity index (χ3v) is 5.52. The highest BCUT2D eigenvalue weighted by Crippen LogP contribution is 2.34. The molecule has 2 unspecified atom stereocenters. The number of hydrogen-bond acceptors (Lipinski definition) is 5. The predicted molar refractivity (Wildman–Crippen MR) is 110 cm³/mol. The van der Waals surface area contributed by atoms with Gasteiger partial charge in [0.2, 0.25) is 0 Å². The van der Waals surface area contributed by atoms with Crippen LogP contribution >= 0.6 is 0 Å². The van der Waals surface area contributed by atoms with Gasteiger partial charge in [-0.05, 0) is 31.2 Å². The summed E-state index contributed by atoms with van der Waals surface area (Å²) in [6, 6.07) is 1.51. The zero-order valence-electron chi connectivity index (χ0n) is 18.4. The van der Waals surface area contributed by atoms with E-state index >= 15 is 0 Å². The summed E-state index contributed by atoms with van der Waals surface area (Å²) in [5.41, 5.74) is -5.34. The fraction of sp³-hybridized carbons (Fsp3) is 0.273. The first-order valence-corrected chi connectivity index (χ1v) is 10.1. The van der Waals surface area contributed by atoms with Crippen molar-refractivity contribution in [2.45, 2.75) is 31.3 Å². The van der Waals surface area contributed by atoms with Crippen molar-refractivity contribution in [2.75, 3.05) is 6.54 Å². The summed E-state index contributed by atoms with van der Waals surface area (Å²) in [5.74, 6) is -6.84. The maximum atomic E-state index is 14.8. The molecule has 0 radical (unpaired) electrons. The van der Waals surface area contributed by atoms with Crippen molar-refractivity contribution in [3.05, 3.63) is 83.2 Å². The van der Waals surface area contributed by atoms with E-state index in [9.17, 15) is 46.1 Å². The smallest absolute Gasteiger partial charge is 0.416 e. The van der Waals surface area contributed by atoms with E-state index in [2.05, 4.69) is 10.1 Å². The lowest BCUT2D eigenvalue weighted by molar-refractivity contribution is -0.140. The lowest BCUT2D eigenvalue weighted by Crippen LogP contribution is -2.55. The Morgan fingerprint density at radius 3 is 2.31 bits per heavy atom. The second-order valence-corrected chi connectivity index (χ2v) is 7.84. The number of hydrogen-bond donors (Lipinski definition) is 2. The highest BCUT2D eigenvalue weighted by Gasteiger charge is 2.45. The van der Waals surface area contributed by atoms with E-state index < -0.39 is 76.9 Å². The lowest BCUT2D eigenvalue weighted by atomic mass is 9.85. The van der Waals surface area contributed by atoms with Crippen LogP contribution in [0.1, 0.15) is 28.4 Å². The zero-order chi connectivity index (χ0) is 26.8. The largest absolute Gasteiger partial charge is 0.480 e. The van der Waals surface area contributed by atoms with Crippen molar-refractivity contribution in [3.8, 4) is 0 Å². The number of carboxylic acid groups (broad SMARTS) is 1. The van der Waals surface area contributed by atoms with Crippen LogP contribution in [0.5, 0.6) is 0 Å². The summed E-state index contributed by atoms with van der Waals surface area (Å²) in [4.78, 5) is 28.8. The van der Waals surface area contributed by atoms with E-state index in [4.69, 9.17) is 0 Å². The summed E-state index contributed by atoms with van der Waals surface area (Å²) in [6.45, 7) is -0.652. The Balaban J connectivity index is 2.11. The third kappa shape index (κ3) is 5.48. The number of alkyl halides is 3. The van der Waals surface area contributed by atoms with Crippen LogP contribution in [-0.2, 0) is 23.1 Å². The maximum Gasteiger partial charge on any atom is 0.416 e. The van der Waals surface area contributed by atoms with E-state index in [1.165, 1.54) is 0 Å². The van der Waals surface area contributed by atoms with E-state index in [1.54, 1.807) is 0 Å². The van der Waals surface area contributed by atoms with E-state index in [0.29, 0.717) is 23.1 Å². The van der Waals surface area contributed by atoms with Gasteiger partial charge in [0.25, 0.3) is 5.91 Å². The van der Waals surface area contributed by atoms with Crippen LogP contribution in [0.4, 0.5) is 26.3 Å². The Hall–Kier alpha value is -3.94. The topological polar surface area (TPSA) is 109 Å². The van der Waals surface area contributed by atoms with Crippen molar-refractivity contribution in [1.82, 2.24) is 19.7 Å². The lowest BCUT2D eigenvalue weighted by Gasteiger charge is -2.40. The Bertz CT molecular complexity index is 1270. The van der Waals surface area contributed by atoms with Crippen LogP contribution in [0.25, 0.3) is 0 Å². The van der Waals surface area contributed by atoms with Gasteiger partial charge in [-0.1, -0.05) is 6.07 Å². The molecule has 0 fully saturated rings. The molecule has 1 aromatic heterocycles. The number of aliphatic carboxylic acids is 1. The first-order valence-electron chi connectivity index (χ1n) is 10.1. The van der Waals surface area contributed by atoms with Crippen LogP contribution in [-0.4, -0.2) is 54.3 Å². The number of aliphatic hydroxyl groups is 1. The van der Waals surface area contributed by atoms with Gasteiger partial charge in [-0.25, -0.2) is 22.8 Å². The second kappa shape index (κ2) is 9.97. The Morgan fingerprint density at radius 2 is 1.78 bits per heavy atom. The molecule has 2 atom stereocenters. The quantitative estimate of drug-likeness (QED) is 0.446. The average Bonchev–Trinajstić information content (AvgIpc) is 3.28. The first-order chi connectivity index (χ1) is 16.7. The molecule has 0 spiro atoms. The molecule has 14 heteroatoms. The van der Waals surface area contributed by atoms with E-state index in [-0.39, 0.29) is 6.07 Å². The number of carbonyl (C=O) groups excluding carboxylic acids is 1. The molecule has 2 aromatic carbocycles. The van der Waals surface area contributed by atoms with Gasteiger partial charge >= 0.3 is 12.1 Å². The summed E-state index contributed by atoms with van der Waals surface area (Å²) >= 11 is 0. The van der Waals surface area contributed by atoms with Gasteiger partial charge in [0, 0.05) is 11.6 Å². The van der Waals surface area contributed by atoms with Crippen LogP contribution in [0.15, 0.2) is 49.1 Å². The van der Waals surface area contributed by atoms with Gasteiger partial charge in [0.15, 0.2) is 0 Å². The number of amides is 1. The molecule has 1 heterocycles. The molecule has 1 amide bonds. The number of halogens is 6. The fourth-order valence-corrected chi connectivity index (χ4v) is 3.65. The summed E-state index contributed by atoms with van der Waals surface area (Å²) in [5, 5.41) is 24.8. The monoisotopic (exact) mass is 516 g/mol. The minimum absolute atomic E-state index is 0.0676. The number of benzene rings is 2. The average molecular weight is 516 g/mol. The van der Waals surface area contributed by atoms with Gasteiger partial charge in [-0.3, -0.25) is 9.59 Å². The molecule has 3 aromatic rings. The zero-order valence-corrected chi connectivity index (χ0v) is 18.4. The Morgan fingerprint density at radius 1 is 1.08 bits per heavy atom. The minimum Gasteiger partial charge on any atom is -0.480 e. The standard InChI is InChI=1S/C22H18F6N4O4/c1-12(21(36,9-31-11-29-10-30-31)16-5-3-14(23)7-18(16)25)32(8-19(33)34)20(35)15-4-2-13(6-17(15)24)22(26,27)28/h2-7,10-12,36H,8-9H2,1H3,(H,33,34). The number of nitrogens with zero attached hydrogens (tertiary/aromatic N) is 4. The highest BCUT2D eigenvalue weighted by atomic mass is 19.4. The molecular weight excluding hydrogens is 498 g/mol. The first kappa shape index (κ1) is 26.7. The second-order valence-electron chi connectivity index (χ2n) is 7.84. The van der Waals surface area contributed by atoms with Crippen molar-refractivity contribution in [1.29, 1.82) is 0 Å². The summed E-state index contributed by atoms with van der Waals surface area (Å²) < 4.78 is 82.6. The molecule has 0 saturated carbocycles. The van der Waals surface area contributed by atoms with Crippen LogP contribution in [0.3, 0.4) is 0 Å². The van der Waals surface area contributed by atoms with Crippen molar-refractivity contribution in [2.24, 2.45) is 0 Å². The molecule has 0 aliphatic carbocycles. The van der Waals surface area contributed by atoms with Crippen LogP contribution in [0.2, 0.25) is 0 Å². The molecule has 0 aliphatic rings. The molecule has 8 nitrogen and oxygen atoms in total. The number of aromatic nitrogens is 3. The molecule has 36 heavy (non-hydrogen) atoms. The molecule has 0 bridgehead atoms. The predicted octanol–water partition coefficient (Wildman–Crippen LogP) is 3.22. The normalized spacial score (nSPS) is 14.2. The van der Waals surface area contributed by atoms with Gasteiger partial charge in [0.05, 0.1) is 23.7 Å². The van der Waals surface area contributed by atoms with Crippen LogP contribution in [0, 0.1) is 17.5 Å². The number of carboxylic acids is 1. The van der Waals surface area contributed by atoms with Gasteiger partial charge in [0.1, 0.15) is 42.3 Å². The van der Waals surface area contributed by atoms with E-state index in [0.717, 1.165) is 36.4 Å². The van der Waals surface area contributed by atoms with E-state index in [1.807, 2.05) is 0 Å². The number of carbonyl (C=O) groups is 2. The summed E-state index contributed by atoms with van der Waals surface area (Å²) in [6.07, 6.45) is -2.71. The highest BCUT2D eigenvalue weighted by molar-refractivity contribution is 5.96. The van der Waals surface area contributed by atoms with Gasteiger partial charge < -0.3 is 15.1 Å². The minimum atomic E-state index is -4.91. The molecule has 192 valence electrons. The Kier molecular flexibility index (Phi) is 7.38. The Labute approximate surface area is 199 Å². The SMILES string of the molecule is CC(N(CC(=O)O)C(=O)c1ccc(C(F)(F)F)cc1F)C(O)(Cn1cncn1)c1ccc(F)cc1F. The third-order valence-electron chi connectivity index (χ3n) is 5.52. The van der Waals surface area contributed by atoms with Gasteiger partial charge in [-0.2, -0.15) is 18.3 Å². The molecule has 0 aliphatic heterocycles. The van der Waals surface area contributed by atoms with Crippen molar-refractivity contribution >= 4 is 11.9 Å². The maximum absolute atomic E-state index is 14.8. The molecule has 3 rings (SSSR count). The molecule has 0 saturated heterocycles. The fourth-order valence-electron chi connectivity index (χ4n) is 3.65. The van der Waals surface area contributed by atoms with Crippen molar-refractivity contribution in [3.63, 3.8) is 0 Å². The summed E-state index contributed by atoms with van der Waals surface area (Å²) in [7, 11) is 0. The van der Waals surface area contributed by atoms with Crippen molar-refractivity contribution < 1.29 is 46.1 Å². The van der Waals surface area contributed by atoms with Gasteiger partial charge in [-0.15, -0.1) is 0 Å². The number of rotatable bonds is 8. The van der Waals surface area contributed by atoms with Crippen LogP contribution < -0.4 is 0 Å². The molecular formula is C22H18F6N4O4. The molecule has 2 N–H and O–H groups in total.